The number of hydrogen-bond donors (Lipinski definition) is 0. The lowest BCUT2D eigenvalue weighted by Gasteiger charge is -2.34. The molecule has 2 bridgehead atoms. The normalized spacial score (nSPS) is 24.1. The minimum Gasteiger partial charge on any atom is -0.331 e. The zero-order valence-corrected chi connectivity index (χ0v) is 16.2. The molecule has 3 fully saturated rings. The van der Waals surface area contributed by atoms with Gasteiger partial charge in [0, 0.05) is 18.2 Å². The molecule has 0 aliphatic carbocycles. The fourth-order valence-corrected chi connectivity index (χ4v) is 4.77. The van der Waals surface area contributed by atoms with Crippen LogP contribution in [0.4, 0.5) is 19.3 Å². The minimum absolute atomic E-state index is 0.142. The molecular weight excluding hydrogens is 408 g/mol. The Balaban J connectivity index is 1.45. The third kappa shape index (κ3) is 2.70. The first kappa shape index (κ1) is 19.1. The van der Waals surface area contributed by atoms with Crippen LogP contribution < -0.4 is 4.90 Å². The molecule has 1 aromatic carbocycles. The maximum atomic E-state index is 13.6. The highest BCUT2D eigenvalue weighted by atomic mass is 19.1. The van der Waals surface area contributed by atoms with E-state index in [0.717, 1.165) is 17.0 Å². The summed E-state index contributed by atoms with van der Waals surface area (Å²) in [5.41, 5.74) is 0.839. The van der Waals surface area contributed by atoms with Crippen LogP contribution in [0.1, 0.15) is 28.0 Å². The van der Waals surface area contributed by atoms with E-state index in [4.69, 9.17) is 5.26 Å². The number of likely N-dealkylation sites (tertiary alicyclic amines) is 1. The number of anilines is 1. The molecule has 3 aliphatic heterocycles. The molecule has 2 aromatic rings. The van der Waals surface area contributed by atoms with Gasteiger partial charge in [0.25, 0.3) is 11.8 Å². The smallest absolute Gasteiger partial charge is 0.331 e. The van der Waals surface area contributed by atoms with Crippen molar-refractivity contribution in [3.8, 4) is 6.07 Å². The predicted molar refractivity (Wildman–Crippen MR) is 102 cm³/mol. The molecule has 5 rings (SSSR count). The number of benzene rings is 1. The van der Waals surface area contributed by atoms with Gasteiger partial charge in [0.15, 0.2) is 0 Å². The van der Waals surface area contributed by atoms with Crippen LogP contribution >= 0.6 is 0 Å². The number of pyridine rings is 1. The number of aryl methyl sites for hydroxylation is 1. The van der Waals surface area contributed by atoms with E-state index < -0.39 is 41.6 Å². The summed E-state index contributed by atoms with van der Waals surface area (Å²) >= 11 is 0. The van der Waals surface area contributed by atoms with Crippen LogP contribution in [0.2, 0.25) is 0 Å². The molecule has 0 N–H and O–H groups in total. The molecule has 3 saturated heterocycles. The van der Waals surface area contributed by atoms with Gasteiger partial charge in [0.1, 0.15) is 29.4 Å². The SMILES string of the molecule is Cc1cc(N2C(=O)C3C4CC(CN4C(=O)c4cc(F)cc(F)c4)N3C2=O)cnc1C#N. The van der Waals surface area contributed by atoms with Crippen molar-refractivity contribution < 1.29 is 23.2 Å². The number of piperazine rings is 1. The molecule has 0 spiro atoms. The third-order valence-corrected chi connectivity index (χ3v) is 6.06. The molecule has 31 heavy (non-hydrogen) atoms. The third-order valence-electron chi connectivity index (χ3n) is 6.06. The summed E-state index contributed by atoms with van der Waals surface area (Å²) in [5.74, 6) is -2.81. The molecule has 1 aromatic heterocycles. The number of aromatic nitrogens is 1. The Labute approximate surface area is 175 Å². The van der Waals surface area contributed by atoms with E-state index in [2.05, 4.69) is 4.98 Å². The summed E-state index contributed by atoms with van der Waals surface area (Å²) in [6, 6.07) is 3.74. The highest BCUT2D eigenvalue weighted by molar-refractivity contribution is 6.22. The summed E-state index contributed by atoms with van der Waals surface area (Å²) in [4.78, 5) is 47.0. The fourth-order valence-electron chi connectivity index (χ4n) is 4.77. The number of imide groups is 1. The van der Waals surface area contributed by atoms with Crippen LogP contribution in [0.5, 0.6) is 0 Å². The Kier molecular flexibility index (Phi) is 4.05. The van der Waals surface area contributed by atoms with Crippen molar-refractivity contribution in [2.75, 3.05) is 11.4 Å². The number of urea groups is 1. The number of nitrogens with zero attached hydrogens (tertiary/aromatic N) is 5. The van der Waals surface area contributed by atoms with E-state index in [9.17, 15) is 23.2 Å². The zero-order valence-electron chi connectivity index (χ0n) is 16.2. The Bertz CT molecular complexity index is 1190. The largest absolute Gasteiger partial charge is 0.332 e. The van der Waals surface area contributed by atoms with E-state index in [1.165, 1.54) is 16.0 Å². The molecule has 3 atom stereocenters. The first-order valence-electron chi connectivity index (χ1n) is 9.60. The maximum absolute atomic E-state index is 13.6. The molecule has 8 nitrogen and oxygen atoms in total. The predicted octanol–water partition coefficient (Wildman–Crippen LogP) is 1.97. The Morgan fingerprint density at radius 1 is 1.19 bits per heavy atom. The number of carbonyl (C=O) groups is 3. The van der Waals surface area contributed by atoms with E-state index in [1.54, 1.807) is 13.0 Å². The lowest BCUT2D eigenvalue weighted by Crippen LogP contribution is -2.54. The lowest BCUT2D eigenvalue weighted by molar-refractivity contribution is -0.121. The quantitative estimate of drug-likeness (QED) is 0.688. The Morgan fingerprint density at radius 2 is 1.90 bits per heavy atom. The van der Waals surface area contributed by atoms with Gasteiger partial charge in [-0.3, -0.25) is 9.59 Å². The van der Waals surface area contributed by atoms with Crippen molar-refractivity contribution in [3.05, 3.63) is 58.9 Å². The molecule has 0 saturated carbocycles. The molecule has 3 unspecified atom stereocenters. The molecule has 4 heterocycles. The molecular formula is C21H15F2N5O3. The van der Waals surface area contributed by atoms with Crippen LogP contribution in [0.25, 0.3) is 0 Å². The summed E-state index contributed by atoms with van der Waals surface area (Å²) in [6.07, 6.45) is 1.72. The molecule has 3 aliphatic rings. The van der Waals surface area contributed by atoms with Crippen LogP contribution in [-0.4, -0.2) is 57.3 Å². The number of rotatable bonds is 2. The van der Waals surface area contributed by atoms with Crippen LogP contribution in [0.15, 0.2) is 30.5 Å². The van der Waals surface area contributed by atoms with Crippen molar-refractivity contribution in [2.24, 2.45) is 0 Å². The molecule has 4 amide bonds. The maximum Gasteiger partial charge on any atom is 0.332 e. The highest BCUT2D eigenvalue weighted by Gasteiger charge is 2.63. The second kappa shape index (κ2) is 6.57. The van der Waals surface area contributed by atoms with Gasteiger partial charge in [-0.1, -0.05) is 0 Å². The van der Waals surface area contributed by atoms with Crippen molar-refractivity contribution in [1.82, 2.24) is 14.8 Å². The standard InChI is InChI=1S/C21H15F2N5O3/c1-10-2-14(8-25-16(10)7-24)28-20(30)18-17-6-15(27(18)21(28)31)9-26(17)19(29)11-3-12(22)5-13(23)4-11/h2-5,8,15,17-18H,6,9H2,1H3. The van der Waals surface area contributed by atoms with Gasteiger partial charge in [-0.2, -0.15) is 5.26 Å². The number of hydrogen-bond acceptors (Lipinski definition) is 5. The van der Waals surface area contributed by atoms with Crippen LogP contribution in [-0.2, 0) is 4.79 Å². The number of halogens is 2. The zero-order chi connectivity index (χ0) is 22.0. The van der Waals surface area contributed by atoms with Crippen molar-refractivity contribution >= 4 is 23.5 Å². The molecule has 0 radical (unpaired) electrons. The Hall–Kier alpha value is -3.87. The summed E-state index contributed by atoms with van der Waals surface area (Å²) in [6.45, 7) is 1.83. The number of fused-ring (bicyclic) bond motifs is 5. The van der Waals surface area contributed by atoms with Crippen LogP contribution in [0, 0.1) is 29.9 Å². The summed E-state index contributed by atoms with van der Waals surface area (Å²) in [5, 5.41) is 9.04. The van der Waals surface area contributed by atoms with E-state index in [0.29, 0.717) is 18.1 Å². The second-order valence-electron chi connectivity index (χ2n) is 7.85. The number of nitriles is 1. The summed E-state index contributed by atoms with van der Waals surface area (Å²) < 4.78 is 27.1. The minimum atomic E-state index is -0.871. The van der Waals surface area contributed by atoms with Gasteiger partial charge in [-0.15, -0.1) is 0 Å². The topological polar surface area (TPSA) is 97.6 Å². The monoisotopic (exact) mass is 423 g/mol. The van der Waals surface area contributed by atoms with Crippen molar-refractivity contribution in [1.29, 1.82) is 5.26 Å². The average Bonchev–Trinajstić information content (AvgIpc) is 3.38. The van der Waals surface area contributed by atoms with E-state index in [1.807, 2.05) is 6.07 Å². The number of carbonyl (C=O) groups excluding carboxylic acids is 3. The number of amides is 4. The van der Waals surface area contributed by atoms with Gasteiger partial charge >= 0.3 is 6.03 Å². The van der Waals surface area contributed by atoms with E-state index >= 15 is 0 Å². The van der Waals surface area contributed by atoms with Gasteiger partial charge in [0.05, 0.1) is 24.0 Å². The average molecular weight is 423 g/mol. The second-order valence-corrected chi connectivity index (χ2v) is 7.85. The first-order valence-corrected chi connectivity index (χ1v) is 9.60. The summed E-state index contributed by atoms with van der Waals surface area (Å²) in [7, 11) is 0. The molecule has 156 valence electrons. The van der Waals surface area contributed by atoms with Crippen molar-refractivity contribution in [3.63, 3.8) is 0 Å². The van der Waals surface area contributed by atoms with Crippen molar-refractivity contribution in [2.45, 2.75) is 31.5 Å². The van der Waals surface area contributed by atoms with Gasteiger partial charge in [0.2, 0.25) is 0 Å². The Morgan fingerprint density at radius 3 is 2.55 bits per heavy atom. The van der Waals surface area contributed by atoms with Crippen LogP contribution in [0.3, 0.4) is 0 Å². The fraction of sp³-hybridized carbons (Fsp3) is 0.286. The highest BCUT2D eigenvalue weighted by Crippen LogP contribution is 2.42. The van der Waals surface area contributed by atoms with E-state index in [-0.39, 0.29) is 29.5 Å². The van der Waals surface area contributed by atoms with Gasteiger partial charge < -0.3 is 9.80 Å². The van der Waals surface area contributed by atoms with Gasteiger partial charge in [-0.25, -0.2) is 23.5 Å². The molecule has 10 heteroatoms. The lowest BCUT2D eigenvalue weighted by atomic mass is 10.1. The first-order chi connectivity index (χ1) is 14.8. The van der Waals surface area contributed by atoms with Gasteiger partial charge in [-0.05, 0) is 37.1 Å².